The van der Waals surface area contributed by atoms with E-state index in [1.54, 1.807) is 19.9 Å². The normalized spacial score (nSPS) is 13.2. The van der Waals surface area contributed by atoms with Crippen molar-refractivity contribution in [2.45, 2.75) is 52.4 Å². The Morgan fingerprint density at radius 1 is 0.780 bits per heavy atom. The molecule has 59 heavy (non-hydrogen) atoms. The minimum atomic E-state index is -0.427. The molecule has 0 saturated carbocycles. The Hall–Kier alpha value is -6.63. The minimum Gasteiger partial charge on any atom is -0.450 e. The van der Waals surface area contributed by atoms with Gasteiger partial charge >= 0.3 is 0 Å². The third kappa shape index (κ3) is 11.1. The van der Waals surface area contributed by atoms with Gasteiger partial charge in [0.1, 0.15) is 11.5 Å². The van der Waals surface area contributed by atoms with Crippen molar-refractivity contribution in [1.29, 1.82) is 10.5 Å². The van der Waals surface area contributed by atoms with Crippen LogP contribution in [0.5, 0.6) is 23.0 Å². The zero-order chi connectivity index (χ0) is 41.3. The molecule has 0 amide bonds. The Kier molecular flexibility index (Phi) is 14.5. The summed E-state index contributed by atoms with van der Waals surface area (Å²) in [6, 6.07) is 18.8. The molecule has 0 aliphatic carbocycles. The van der Waals surface area contributed by atoms with E-state index < -0.39 is 17.3 Å². The number of aromatic amines is 1. The molecule has 5 heterocycles. The standard InChI is InChI=1S/C22H20ClN5O4.C17H12ClN5O3.ClH/c1-14-21(32-18-9-15(11-24)8-16(23)10-18)22(30)27(13-25-14)12-17-5-6-19(29)28(26-17)20-4-2-3-7-31-20;1-10-16(26-14-5-11(7-19)4-12(18)6-14)17(25)23(9-20-10)8-13-2-3-15(24)22-21-13;/h5-6,8-10,13,20H,2-4,7,12H2,1H3;2-6,9H,8H2,1H3,(H,22,24);1H. The highest BCUT2D eigenvalue weighted by Crippen LogP contribution is 2.27. The van der Waals surface area contributed by atoms with Crippen molar-refractivity contribution in [2.75, 3.05) is 6.61 Å². The zero-order valence-corrected chi connectivity index (χ0v) is 33.6. The molecule has 2 aromatic carbocycles. The molecule has 1 atom stereocenters. The van der Waals surface area contributed by atoms with Crippen LogP contribution in [0.4, 0.5) is 0 Å². The van der Waals surface area contributed by atoms with Gasteiger partial charge in [0.15, 0.2) is 6.23 Å². The van der Waals surface area contributed by atoms with E-state index in [-0.39, 0.29) is 59.6 Å². The third-order valence-electron chi connectivity index (χ3n) is 8.50. The minimum absolute atomic E-state index is 0. The van der Waals surface area contributed by atoms with Crippen LogP contribution in [0, 0.1) is 36.5 Å². The van der Waals surface area contributed by atoms with E-state index >= 15 is 0 Å². The number of halogens is 3. The van der Waals surface area contributed by atoms with Crippen molar-refractivity contribution in [3.05, 3.63) is 159 Å². The van der Waals surface area contributed by atoms with Crippen LogP contribution < -0.4 is 31.7 Å². The van der Waals surface area contributed by atoms with E-state index in [1.165, 1.54) is 81.1 Å². The molecule has 0 spiro atoms. The fraction of sp³-hybridized carbons (Fsp3) is 0.231. The second kappa shape index (κ2) is 19.7. The summed E-state index contributed by atoms with van der Waals surface area (Å²) in [6.45, 7) is 4.07. The molecule has 7 rings (SSSR count). The van der Waals surface area contributed by atoms with Crippen LogP contribution in [0.25, 0.3) is 0 Å². The van der Waals surface area contributed by atoms with E-state index in [0.717, 1.165) is 12.8 Å². The molecule has 1 aliphatic rings. The first-order chi connectivity index (χ1) is 27.9. The highest BCUT2D eigenvalue weighted by Gasteiger charge is 2.19. The van der Waals surface area contributed by atoms with E-state index in [0.29, 0.717) is 57.0 Å². The van der Waals surface area contributed by atoms with Crippen molar-refractivity contribution in [2.24, 2.45) is 0 Å². The molecule has 1 fully saturated rings. The summed E-state index contributed by atoms with van der Waals surface area (Å²) in [7, 11) is 0. The average molecular weight is 860 g/mol. The monoisotopic (exact) mass is 858 g/mol. The lowest BCUT2D eigenvalue weighted by molar-refractivity contribution is -0.0428. The van der Waals surface area contributed by atoms with Crippen molar-refractivity contribution in [3.63, 3.8) is 0 Å². The van der Waals surface area contributed by atoms with Gasteiger partial charge in [0, 0.05) is 28.8 Å². The summed E-state index contributed by atoms with van der Waals surface area (Å²) in [5.74, 6) is 0.552. The Morgan fingerprint density at radius 3 is 1.81 bits per heavy atom. The highest BCUT2D eigenvalue weighted by atomic mass is 35.5. The Bertz CT molecular complexity index is 2800. The topological polar surface area (TPSA) is 226 Å². The third-order valence-corrected chi connectivity index (χ3v) is 8.94. The summed E-state index contributed by atoms with van der Waals surface area (Å²) < 4.78 is 21.0. The summed E-state index contributed by atoms with van der Waals surface area (Å²) in [5, 5.41) is 29.3. The van der Waals surface area contributed by atoms with Crippen molar-refractivity contribution >= 4 is 35.6 Å². The van der Waals surface area contributed by atoms with Crippen molar-refractivity contribution in [1.82, 2.24) is 39.1 Å². The number of hydrogen-bond donors (Lipinski definition) is 1. The number of nitrogens with zero attached hydrogens (tertiary/aromatic N) is 9. The number of rotatable bonds is 9. The van der Waals surface area contributed by atoms with Crippen LogP contribution in [-0.2, 0) is 17.8 Å². The fourth-order valence-electron chi connectivity index (χ4n) is 5.66. The molecule has 302 valence electrons. The molecule has 20 heteroatoms. The second-order valence-electron chi connectivity index (χ2n) is 12.8. The van der Waals surface area contributed by atoms with Gasteiger partial charge in [-0.15, -0.1) is 12.4 Å². The van der Waals surface area contributed by atoms with Gasteiger partial charge in [-0.05, 0) is 81.6 Å². The van der Waals surface area contributed by atoms with Gasteiger partial charge < -0.3 is 14.2 Å². The summed E-state index contributed by atoms with van der Waals surface area (Å²) in [4.78, 5) is 57.5. The molecule has 1 saturated heterocycles. The lowest BCUT2D eigenvalue weighted by Crippen LogP contribution is -2.32. The number of ether oxygens (including phenoxy) is 3. The van der Waals surface area contributed by atoms with Gasteiger partial charge in [0.25, 0.3) is 22.2 Å². The Morgan fingerprint density at radius 2 is 1.32 bits per heavy atom. The highest BCUT2D eigenvalue weighted by molar-refractivity contribution is 6.31. The van der Waals surface area contributed by atoms with Gasteiger partial charge in [0.05, 0.1) is 71.8 Å². The number of aryl methyl sites for hydroxylation is 2. The molecule has 0 bridgehead atoms. The number of hydrogen-bond acceptors (Lipinski definition) is 13. The van der Waals surface area contributed by atoms with E-state index in [4.69, 9.17) is 47.9 Å². The zero-order valence-electron chi connectivity index (χ0n) is 31.3. The predicted molar refractivity (Wildman–Crippen MR) is 217 cm³/mol. The molecular formula is C39H33Cl3N10O7. The van der Waals surface area contributed by atoms with Crippen LogP contribution in [0.2, 0.25) is 10.0 Å². The maximum Gasteiger partial charge on any atom is 0.296 e. The number of nitrogens with one attached hydrogen (secondary N) is 1. The second-order valence-corrected chi connectivity index (χ2v) is 13.7. The van der Waals surface area contributed by atoms with Crippen LogP contribution >= 0.6 is 35.6 Å². The SMILES string of the molecule is Cc1ncn(Cc2ccc(=O)[nH]n2)c(=O)c1Oc1cc(Cl)cc(C#N)c1.Cc1ncn(Cc2ccc(=O)n(C3CCCCO3)n2)c(=O)c1Oc1cc(Cl)cc(C#N)c1.Cl. The molecule has 1 aliphatic heterocycles. The quantitative estimate of drug-likeness (QED) is 0.187. The summed E-state index contributed by atoms with van der Waals surface area (Å²) in [5.41, 5.74) is 0.947. The van der Waals surface area contributed by atoms with Gasteiger partial charge in [-0.1, -0.05) is 23.2 Å². The molecule has 17 nitrogen and oxygen atoms in total. The molecule has 1 unspecified atom stereocenters. The molecule has 0 radical (unpaired) electrons. The predicted octanol–water partition coefficient (Wildman–Crippen LogP) is 5.60. The molecule has 6 aromatic rings. The largest absolute Gasteiger partial charge is 0.450 e. The lowest BCUT2D eigenvalue weighted by atomic mass is 10.2. The summed E-state index contributed by atoms with van der Waals surface area (Å²) in [6.07, 6.45) is 5.00. The molecular weight excluding hydrogens is 827 g/mol. The number of H-pyrrole nitrogens is 1. The first-order valence-electron chi connectivity index (χ1n) is 17.5. The smallest absolute Gasteiger partial charge is 0.296 e. The van der Waals surface area contributed by atoms with Crippen LogP contribution in [0.1, 0.15) is 59.4 Å². The van der Waals surface area contributed by atoms with Crippen LogP contribution in [-0.4, -0.2) is 45.7 Å². The fourth-order valence-corrected chi connectivity index (χ4v) is 6.11. The summed E-state index contributed by atoms with van der Waals surface area (Å²) >= 11 is 12.0. The van der Waals surface area contributed by atoms with Crippen molar-refractivity contribution < 1.29 is 14.2 Å². The first kappa shape index (κ1) is 43.5. The maximum absolute atomic E-state index is 13.1. The number of nitriles is 2. The number of benzene rings is 2. The Balaban J connectivity index is 0.000000225. The van der Waals surface area contributed by atoms with Crippen molar-refractivity contribution in [3.8, 4) is 35.1 Å². The van der Waals surface area contributed by atoms with Gasteiger partial charge in [0.2, 0.25) is 11.5 Å². The van der Waals surface area contributed by atoms with E-state index in [2.05, 4.69) is 25.3 Å². The molecule has 1 N–H and O–H groups in total. The lowest BCUT2D eigenvalue weighted by Gasteiger charge is -2.23. The van der Waals surface area contributed by atoms with E-state index in [9.17, 15) is 19.2 Å². The van der Waals surface area contributed by atoms with E-state index in [1.807, 2.05) is 12.1 Å². The average Bonchev–Trinajstić information content (AvgIpc) is 3.21. The van der Waals surface area contributed by atoms with Gasteiger partial charge in [-0.25, -0.2) is 19.7 Å². The maximum atomic E-state index is 13.1. The Labute approximate surface area is 351 Å². The first-order valence-corrected chi connectivity index (χ1v) is 18.3. The van der Waals surface area contributed by atoms with Crippen LogP contribution in [0.3, 0.4) is 0 Å². The van der Waals surface area contributed by atoms with Gasteiger partial charge in [-0.2, -0.15) is 20.7 Å². The number of aromatic nitrogens is 8. The van der Waals surface area contributed by atoms with Gasteiger partial charge in [-0.3, -0.25) is 28.3 Å². The molecule has 4 aromatic heterocycles. The van der Waals surface area contributed by atoms with Crippen LogP contribution in [0.15, 0.2) is 92.5 Å².